The lowest BCUT2D eigenvalue weighted by atomic mass is 9.80. The predicted octanol–water partition coefficient (Wildman–Crippen LogP) is 6.03. The first-order valence-corrected chi connectivity index (χ1v) is 14.0. The van der Waals surface area contributed by atoms with E-state index >= 15 is 0 Å². The number of ketones is 1. The van der Waals surface area contributed by atoms with Crippen LogP contribution in [0.3, 0.4) is 0 Å². The van der Waals surface area contributed by atoms with Gasteiger partial charge in [-0.1, -0.05) is 121 Å². The van der Waals surface area contributed by atoms with Crippen LogP contribution in [-0.2, 0) is 40.7 Å². The van der Waals surface area contributed by atoms with Crippen LogP contribution < -0.4 is 0 Å². The number of hydrogen-bond acceptors (Lipinski definition) is 6. The van der Waals surface area contributed by atoms with Crippen LogP contribution in [0.25, 0.3) is 0 Å². The van der Waals surface area contributed by atoms with E-state index in [0.29, 0.717) is 6.61 Å². The van der Waals surface area contributed by atoms with Crippen LogP contribution in [0.4, 0.5) is 0 Å². The number of fused-ring (bicyclic) bond motifs is 1. The average Bonchev–Trinajstić information content (AvgIpc) is 3.51. The first-order valence-electron chi connectivity index (χ1n) is 14.0. The molecule has 6 nitrogen and oxygen atoms in total. The normalized spacial score (nSPS) is 23.3. The number of rotatable bonds is 10. The van der Waals surface area contributed by atoms with Gasteiger partial charge < -0.3 is 23.7 Å². The molecular weight excluding hydrogens is 516 g/mol. The van der Waals surface area contributed by atoms with E-state index in [2.05, 4.69) is 0 Å². The first-order chi connectivity index (χ1) is 20.0. The van der Waals surface area contributed by atoms with Crippen LogP contribution in [0.15, 0.2) is 121 Å². The molecule has 2 unspecified atom stereocenters. The molecule has 2 saturated heterocycles. The summed E-state index contributed by atoms with van der Waals surface area (Å²) < 4.78 is 31.4. The summed E-state index contributed by atoms with van der Waals surface area (Å²) in [5, 5.41) is 0. The van der Waals surface area contributed by atoms with Crippen LogP contribution in [-0.4, -0.2) is 42.8 Å². The molecule has 0 radical (unpaired) electrons. The Morgan fingerprint density at radius 2 is 1.17 bits per heavy atom. The van der Waals surface area contributed by atoms with Crippen molar-refractivity contribution in [2.24, 2.45) is 0 Å². The highest BCUT2D eigenvalue weighted by molar-refractivity contribution is 5.85. The second-order valence-corrected chi connectivity index (χ2v) is 10.8. The largest absolute Gasteiger partial charge is 0.353 e. The Hall–Kier alpha value is -3.65. The zero-order chi connectivity index (χ0) is 28.3. The molecule has 210 valence electrons. The minimum atomic E-state index is -1.02. The highest BCUT2D eigenvalue weighted by Gasteiger charge is 2.58. The molecular formula is C35H34O6. The van der Waals surface area contributed by atoms with Gasteiger partial charge in [-0.2, -0.15) is 0 Å². The maximum absolute atomic E-state index is 13.9. The molecule has 2 aliphatic heterocycles. The molecule has 0 N–H and O–H groups in total. The number of Topliss-reactive ketones (excluding diaryl/α,β-unsaturated/α-hetero) is 1. The number of carbonyl (C=O) groups excluding carboxylic acids is 1. The van der Waals surface area contributed by atoms with Crippen LogP contribution in [0.5, 0.6) is 0 Å². The number of ether oxygens (including phenoxy) is 5. The molecule has 0 spiro atoms. The van der Waals surface area contributed by atoms with Gasteiger partial charge in [0, 0.05) is 0 Å². The van der Waals surface area contributed by atoms with E-state index in [1.165, 1.54) is 0 Å². The topological polar surface area (TPSA) is 63.2 Å². The number of hydrogen-bond donors (Lipinski definition) is 0. The monoisotopic (exact) mass is 550 g/mol. The average molecular weight is 551 g/mol. The SMILES string of the molecule is CC1(C)OC2C(O1)[C@@H](C(=O)COC(c1ccccc1)(c1ccccc1)c1ccccc1)O[C@@H]2OCc1ccccc1. The second-order valence-electron chi connectivity index (χ2n) is 10.8. The maximum Gasteiger partial charge on any atom is 0.190 e. The zero-order valence-corrected chi connectivity index (χ0v) is 23.2. The number of carbonyl (C=O) groups is 1. The molecule has 0 aromatic heterocycles. The lowest BCUT2D eigenvalue weighted by molar-refractivity contribution is -0.235. The van der Waals surface area contributed by atoms with Gasteiger partial charge in [-0.05, 0) is 36.1 Å². The number of benzene rings is 4. The third-order valence-corrected chi connectivity index (χ3v) is 7.56. The Kier molecular flexibility index (Phi) is 7.84. The van der Waals surface area contributed by atoms with Crippen molar-refractivity contribution in [1.29, 1.82) is 0 Å². The fourth-order valence-corrected chi connectivity index (χ4v) is 5.74. The van der Waals surface area contributed by atoms with Crippen LogP contribution in [0.2, 0.25) is 0 Å². The van der Waals surface area contributed by atoms with Gasteiger partial charge in [-0.15, -0.1) is 0 Å². The van der Waals surface area contributed by atoms with Crippen LogP contribution in [0.1, 0.15) is 36.1 Å². The molecule has 4 aromatic carbocycles. The van der Waals surface area contributed by atoms with Crippen LogP contribution in [0, 0.1) is 0 Å². The van der Waals surface area contributed by atoms with Gasteiger partial charge in [0.25, 0.3) is 0 Å². The molecule has 0 amide bonds. The third-order valence-electron chi connectivity index (χ3n) is 7.56. The Bertz CT molecular complexity index is 1330. The van der Waals surface area contributed by atoms with E-state index in [9.17, 15) is 4.79 Å². The summed E-state index contributed by atoms with van der Waals surface area (Å²) in [4.78, 5) is 13.9. The van der Waals surface area contributed by atoms with E-state index < -0.39 is 36.0 Å². The van der Waals surface area contributed by atoms with Crippen molar-refractivity contribution in [3.05, 3.63) is 144 Å². The molecule has 0 bridgehead atoms. The lowest BCUT2D eigenvalue weighted by Gasteiger charge is -2.36. The molecule has 41 heavy (non-hydrogen) atoms. The van der Waals surface area contributed by atoms with Gasteiger partial charge in [-0.25, -0.2) is 0 Å². The predicted molar refractivity (Wildman–Crippen MR) is 154 cm³/mol. The fourth-order valence-electron chi connectivity index (χ4n) is 5.74. The summed E-state index contributed by atoms with van der Waals surface area (Å²) in [5.74, 6) is -1.10. The minimum absolute atomic E-state index is 0.207. The Morgan fingerprint density at radius 3 is 1.68 bits per heavy atom. The zero-order valence-electron chi connectivity index (χ0n) is 23.2. The van der Waals surface area contributed by atoms with E-state index in [4.69, 9.17) is 23.7 Å². The van der Waals surface area contributed by atoms with E-state index in [1.54, 1.807) is 0 Å². The molecule has 4 aromatic rings. The molecule has 2 fully saturated rings. The highest BCUT2D eigenvalue weighted by atomic mass is 16.8. The summed E-state index contributed by atoms with van der Waals surface area (Å²) >= 11 is 0. The van der Waals surface area contributed by atoms with E-state index in [0.717, 1.165) is 22.3 Å². The van der Waals surface area contributed by atoms with Gasteiger partial charge in [0.05, 0.1) is 6.61 Å². The summed E-state index contributed by atoms with van der Waals surface area (Å²) in [6.07, 6.45) is -2.80. The second kappa shape index (κ2) is 11.7. The van der Waals surface area contributed by atoms with Gasteiger partial charge in [0.15, 0.2) is 24.0 Å². The van der Waals surface area contributed by atoms with E-state index in [-0.39, 0.29) is 12.4 Å². The van der Waals surface area contributed by atoms with Crippen molar-refractivity contribution in [1.82, 2.24) is 0 Å². The van der Waals surface area contributed by atoms with Crippen molar-refractivity contribution in [3.8, 4) is 0 Å². The van der Waals surface area contributed by atoms with Crippen molar-refractivity contribution in [2.45, 2.75) is 56.4 Å². The molecule has 0 saturated carbocycles. The summed E-state index contributed by atoms with van der Waals surface area (Å²) in [7, 11) is 0. The fraction of sp³-hybridized carbons (Fsp3) is 0.286. The van der Waals surface area contributed by atoms with E-state index in [1.807, 2.05) is 135 Å². The summed E-state index contributed by atoms with van der Waals surface area (Å²) in [5.41, 5.74) is 2.73. The van der Waals surface area contributed by atoms with Gasteiger partial charge >= 0.3 is 0 Å². The molecule has 4 atom stereocenters. The Balaban J connectivity index is 1.28. The first kappa shape index (κ1) is 27.5. The Labute approximate surface area is 240 Å². The van der Waals surface area contributed by atoms with Crippen molar-refractivity contribution >= 4 is 5.78 Å². The molecule has 6 rings (SSSR count). The van der Waals surface area contributed by atoms with Gasteiger partial charge in [0.1, 0.15) is 24.4 Å². The molecule has 2 aliphatic rings. The Morgan fingerprint density at radius 1 is 0.707 bits per heavy atom. The van der Waals surface area contributed by atoms with Crippen molar-refractivity contribution in [2.75, 3.05) is 6.61 Å². The maximum atomic E-state index is 13.9. The van der Waals surface area contributed by atoms with Crippen LogP contribution >= 0.6 is 0 Å². The standard InChI is InChI=1S/C35H34O6/c1-34(2)40-31-30(39-33(32(31)41-34)37-23-25-15-7-3-8-16-25)29(36)24-38-35(26-17-9-4-10-18-26,27-19-11-5-12-20-27)28-21-13-6-14-22-28/h3-22,30-33H,23-24H2,1-2H3/t30-,31?,32?,33+/m1/s1. The van der Waals surface area contributed by atoms with Gasteiger partial charge in [0.2, 0.25) is 0 Å². The quantitative estimate of drug-likeness (QED) is 0.225. The smallest absolute Gasteiger partial charge is 0.190 e. The summed E-state index contributed by atoms with van der Waals surface area (Å²) in [6.45, 7) is 3.79. The third kappa shape index (κ3) is 5.62. The van der Waals surface area contributed by atoms with Gasteiger partial charge in [-0.3, -0.25) is 4.79 Å². The summed E-state index contributed by atoms with van der Waals surface area (Å²) in [6, 6.07) is 39.8. The highest BCUT2D eigenvalue weighted by Crippen LogP contribution is 2.42. The minimum Gasteiger partial charge on any atom is -0.353 e. The molecule has 0 aliphatic carbocycles. The van der Waals surface area contributed by atoms with Crippen molar-refractivity contribution in [3.63, 3.8) is 0 Å². The van der Waals surface area contributed by atoms with Crippen molar-refractivity contribution < 1.29 is 28.5 Å². The lowest BCUT2D eigenvalue weighted by Crippen LogP contribution is -2.41. The molecule has 6 heteroatoms. The molecule has 2 heterocycles.